The van der Waals surface area contributed by atoms with E-state index in [0.29, 0.717) is 23.7 Å². The molecule has 2 amide bonds. The summed E-state index contributed by atoms with van der Waals surface area (Å²) in [5.41, 5.74) is 1.88. The minimum atomic E-state index is -0.652. The van der Waals surface area contributed by atoms with Gasteiger partial charge in [0.1, 0.15) is 11.8 Å². The average Bonchev–Trinajstić information content (AvgIpc) is 3.24. The Kier molecular flexibility index (Phi) is 7.09. The van der Waals surface area contributed by atoms with Crippen LogP contribution in [0.1, 0.15) is 23.8 Å². The molecule has 3 rings (SSSR count). The Labute approximate surface area is 175 Å². The number of hydrogen-bond acceptors (Lipinski definition) is 3. The molecule has 0 radical (unpaired) electrons. The Morgan fingerprint density at radius 2 is 1.72 bits per heavy atom. The third-order valence-electron chi connectivity index (χ3n) is 4.64. The SMILES string of the molecule is CC(=O)N(Cc1ccc(Cl)cc1)C(Cc1ccccc1)C(=O)NCc1ccco1. The molecule has 1 atom stereocenters. The Morgan fingerprint density at radius 3 is 2.34 bits per heavy atom. The van der Waals surface area contributed by atoms with Crippen molar-refractivity contribution in [3.05, 3.63) is 94.9 Å². The fraction of sp³-hybridized carbons (Fsp3) is 0.217. The molecule has 3 aromatic rings. The molecule has 1 N–H and O–H groups in total. The summed E-state index contributed by atoms with van der Waals surface area (Å²) in [6.07, 6.45) is 1.98. The number of rotatable bonds is 8. The summed E-state index contributed by atoms with van der Waals surface area (Å²) in [4.78, 5) is 27.1. The van der Waals surface area contributed by atoms with E-state index >= 15 is 0 Å². The Bertz CT molecular complexity index is 925. The molecule has 6 heteroatoms. The van der Waals surface area contributed by atoms with Crippen LogP contribution >= 0.6 is 11.6 Å². The van der Waals surface area contributed by atoms with E-state index in [1.807, 2.05) is 42.5 Å². The predicted octanol–water partition coefficient (Wildman–Crippen LogP) is 4.21. The smallest absolute Gasteiger partial charge is 0.243 e. The maximum Gasteiger partial charge on any atom is 0.243 e. The topological polar surface area (TPSA) is 62.6 Å². The fourth-order valence-electron chi connectivity index (χ4n) is 3.11. The molecule has 29 heavy (non-hydrogen) atoms. The highest BCUT2D eigenvalue weighted by Crippen LogP contribution is 2.17. The lowest BCUT2D eigenvalue weighted by atomic mass is 10.0. The molecule has 1 unspecified atom stereocenters. The number of carbonyl (C=O) groups is 2. The molecule has 0 saturated carbocycles. The Balaban J connectivity index is 1.82. The molecule has 0 aliphatic rings. The first-order valence-electron chi connectivity index (χ1n) is 9.38. The third kappa shape index (κ3) is 5.96. The van der Waals surface area contributed by atoms with Crippen LogP contribution in [0.4, 0.5) is 0 Å². The van der Waals surface area contributed by atoms with Gasteiger partial charge in [-0.2, -0.15) is 0 Å². The predicted molar refractivity (Wildman–Crippen MR) is 112 cm³/mol. The molecule has 0 aliphatic heterocycles. The van der Waals surface area contributed by atoms with E-state index in [9.17, 15) is 9.59 Å². The Hall–Kier alpha value is -3.05. The van der Waals surface area contributed by atoms with E-state index in [1.54, 1.807) is 35.4 Å². The molecular weight excluding hydrogens is 388 g/mol. The summed E-state index contributed by atoms with van der Waals surface area (Å²) in [6.45, 7) is 2.07. The molecule has 150 valence electrons. The molecule has 1 aromatic heterocycles. The van der Waals surface area contributed by atoms with Crippen molar-refractivity contribution in [2.45, 2.75) is 32.5 Å². The summed E-state index contributed by atoms with van der Waals surface area (Å²) in [5.74, 6) is 0.257. The number of furan rings is 1. The lowest BCUT2D eigenvalue weighted by Crippen LogP contribution is -2.49. The highest BCUT2D eigenvalue weighted by Gasteiger charge is 2.28. The van der Waals surface area contributed by atoms with Crippen molar-refractivity contribution < 1.29 is 14.0 Å². The van der Waals surface area contributed by atoms with Gasteiger partial charge in [-0.1, -0.05) is 54.1 Å². The summed E-state index contributed by atoms with van der Waals surface area (Å²) in [5, 5.41) is 3.51. The number of hydrogen-bond donors (Lipinski definition) is 1. The van der Waals surface area contributed by atoms with E-state index in [-0.39, 0.29) is 18.4 Å². The van der Waals surface area contributed by atoms with Crippen LogP contribution in [0.15, 0.2) is 77.4 Å². The largest absolute Gasteiger partial charge is 0.467 e. The molecule has 0 spiro atoms. The van der Waals surface area contributed by atoms with E-state index in [0.717, 1.165) is 11.1 Å². The zero-order chi connectivity index (χ0) is 20.6. The minimum absolute atomic E-state index is 0.172. The monoisotopic (exact) mass is 410 g/mol. The van der Waals surface area contributed by atoms with Gasteiger partial charge in [0.25, 0.3) is 0 Å². The molecule has 1 heterocycles. The van der Waals surface area contributed by atoms with Crippen LogP contribution in [0.5, 0.6) is 0 Å². The Morgan fingerprint density at radius 1 is 1.00 bits per heavy atom. The number of carbonyl (C=O) groups excluding carboxylic acids is 2. The fourth-order valence-corrected chi connectivity index (χ4v) is 3.24. The van der Waals surface area contributed by atoms with Gasteiger partial charge in [0.2, 0.25) is 11.8 Å². The minimum Gasteiger partial charge on any atom is -0.467 e. The van der Waals surface area contributed by atoms with Gasteiger partial charge < -0.3 is 14.6 Å². The van der Waals surface area contributed by atoms with E-state index < -0.39 is 6.04 Å². The summed E-state index contributed by atoms with van der Waals surface area (Å²) >= 11 is 5.97. The first-order chi connectivity index (χ1) is 14.0. The lowest BCUT2D eigenvalue weighted by molar-refractivity contribution is -0.139. The first kappa shape index (κ1) is 20.7. The van der Waals surface area contributed by atoms with Gasteiger partial charge in [-0.3, -0.25) is 9.59 Å². The van der Waals surface area contributed by atoms with Crippen LogP contribution in [0, 0.1) is 0 Å². The molecular formula is C23H23ClN2O3. The van der Waals surface area contributed by atoms with Gasteiger partial charge >= 0.3 is 0 Å². The van der Waals surface area contributed by atoms with Crippen molar-refractivity contribution in [1.29, 1.82) is 0 Å². The van der Waals surface area contributed by atoms with Gasteiger partial charge in [-0.25, -0.2) is 0 Å². The number of nitrogens with zero attached hydrogens (tertiary/aromatic N) is 1. The number of halogens is 1. The zero-order valence-corrected chi connectivity index (χ0v) is 16.9. The average molecular weight is 411 g/mol. The number of benzene rings is 2. The summed E-state index contributed by atoms with van der Waals surface area (Å²) in [7, 11) is 0. The van der Waals surface area contributed by atoms with Crippen molar-refractivity contribution in [2.24, 2.45) is 0 Å². The van der Waals surface area contributed by atoms with Gasteiger partial charge in [0.15, 0.2) is 0 Å². The summed E-state index contributed by atoms with van der Waals surface area (Å²) in [6, 6.07) is 19.9. The molecule has 2 aromatic carbocycles. The van der Waals surface area contributed by atoms with Gasteiger partial charge in [-0.05, 0) is 35.4 Å². The van der Waals surface area contributed by atoms with E-state index in [4.69, 9.17) is 16.0 Å². The van der Waals surface area contributed by atoms with Gasteiger partial charge in [0, 0.05) is 24.9 Å². The van der Waals surface area contributed by atoms with Gasteiger partial charge in [0.05, 0.1) is 12.8 Å². The van der Waals surface area contributed by atoms with Crippen LogP contribution in [0.25, 0.3) is 0 Å². The van der Waals surface area contributed by atoms with Gasteiger partial charge in [-0.15, -0.1) is 0 Å². The van der Waals surface area contributed by atoms with Crippen molar-refractivity contribution in [3.63, 3.8) is 0 Å². The third-order valence-corrected chi connectivity index (χ3v) is 4.89. The van der Waals surface area contributed by atoms with Crippen LogP contribution in [0.3, 0.4) is 0 Å². The molecule has 0 bridgehead atoms. The standard InChI is InChI=1S/C23H23ClN2O3/c1-17(27)26(16-19-9-11-20(24)12-10-19)22(14-18-6-3-2-4-7-18)23(28)25-15-21-8-5-13-29-21/h2-13,22H,14-16H2,1H3,(H,25,28). The van der Waals surface area contributed by atoms with E-state index in [2.05, 4.69) is 5.32 Å². The summed E-state index contributed by atoms with van der Waals surface area (Å²) < 4.78 is 5.29. The van der Waals surface area contributed by atoms with Crippen molar-refractivity contribution in [2.75, 3.05) is 0 Å². The second-order valence-electron chi connectivity index (χ2n) is 6.78. The highest BCUT2D eigenvalue weighted by molar-refractivity contribution is 6.30. The maximum atomic E-state index is 13.1. The zero-order valence-electron chi connectivity index (χ0n) is 16.2. The van der Waals surface area contributed by atoms with Crippen LogP contribution in [-0.4, -0.2) is 22.8 Å². The molecule has 0 fully saturated rings. The molecule has 0 saturated heterocycles. The number of nitrogens with one attached hydrogen (secondary N) is 1. The van der Waals surface area contributed by atoms with E-state index in [1.165, 1.54) is 6.92 Å². The number of amides is 2. The van der Waals surface area contributed by atoms with Crippen LogP contribution in [-0.2, 0) is 29.1 Å². The van der Waals surface area contributed by atoms with Crippen molar-refractivity contribution in [3.8, 4) is 0 Å². The molecule has 5 nitrogen and oxygen atoms in total. The lowest BCUT2D eigenvalue weighted by Gasteiger charge is -2.30. The first-order valence-corrected chi connectivity index (χ1v) is 9.76. The van der Waals surface area contributed by atoms with Crippen LogP contribution in [0.2, 0.25) is 5.02 Å². The second kappa shape index (κ2) is 9.94. The maximum absolute atomic E-state index is 13.1. The van der Waals surface area contributed by atoms with Crippen molar-refractivity contribution >= 4 is 23.4 Å². The quantitative estimate of drug-likeness (QED) is 0.605. The molecule has 0 aliphatic carbocycles. The normalized spacial score (nSPS) is 11.7. The van der Waals surface area contributed by atoms with Crippen molar-refractivity contribution in [1.82, 2.24) is 10.2 Å². The van der Waals surface area contributed by atoms with Crippen LogP contribution < -0.4 is 5.32 Å². The highest BCUT2D eigenvalue weighted by atomic mass is 35.5. The second-order valence-corrected chi connectivity index (χ2v) is 7.21.